The number of hydrogen-bond donors (Lipinski definition) is 2. The summed E-state index contributed by atoms with van der Waals surface area (Å²) in [6, 6.07) is 2.55. The van der Waals surface area contributed by atoms with Gasteiger partial charge in [0, 0.05) is 11.8 Å². The van der Waals surface area contributed by atoms with Crippen LogP contribution < -0.4 is 10.6 Å². The first-order chi connectivity index (χ1) is 14.5. The van der Waals surface area contributed by atoms with E-state index in [2.05, 4.69) is 20.7 Å². The van der Waals surface area contributed by atoms with Gasteiger partial charge in [0.15, 0.2) is 0 Å². The number of fused-ring (bicyclic) bond motifs is 4. The van der Waals surface area contributed by atoms with Crippen molar-refractivity contribution >= 4 is 17.7 Å². The number of alkyl carbamates (subject to hydrolysis) is 1. The van der Waals surface area contributed by atoms with E-state index in [1.807, 2.05) is 0 Å². The van der Waals surface area contributed by atoms with E-state index in [4.69, 9.17) is 4.74 Å². The average molecular weight is 433 g/mol. The van der Waals surface area contributed by atoms with Gasteiger partial charge in [0.05, 0.1) is 35.2 Å². The second-order valence-corrected chi connectivity index (χ2v) is 8.24. The third kappa shape index (κ3) is 5.44. The van der Waals surface area contributed by atoms with Gasteiger partial charge >= 0.3 is 12.6 Å². The predicted octanol–water partition coefficient (Wildman–Crippen LogP) is 4.44. The van der Waals surface area contributed by atoms with Crippen molar-refractivity contribution < 1.29 is 23.1 Å². The van der Waals surface area contributed by atoms with Gasteiger partial charge in [-0.05, 0) is 39.3 Å². The molecule has 31 heavy (non-hydrogen) atoms. The highest BCUT2D eigenvalue weighted by Gasteiger charge is 2.25. The van der Waals surface area contributed by atoms with Crippen LogP contribution in [0.15, 0.2) is 36.7 Å². The number of carbonyl (C=O) groups excluding carboxylic acids is 2. The number of amides is 2. The minimum Gasteiger partial charge on any atom is -0.444 e. The third-order valence-electron chi connectivity index (χ3n) is 4.55. The molecule has 0 fully saturated rings. The van der Waals surface area contributed by atoms with Gasteiger partial charge in [-0.15, -0.1) is 0 Å². The molecule has 10 heteroatoms. The monoisotopic (exact) mass is 433 g/mol. The molecule has 0 spiro atoms. The van der Waals surface area contributed by atoms with Gasteiger partial charge in [-0.25, -0.2) is 9.48 Å². The van der Waals surface area contributed by atoms with Crippen LogP contribution in [0.3, 0.4) is 0 Å². The Bertz CT molecular complexity index is 997. The largest absolute Gasteiger partial charge is 0.444 e. The molecule has 3 heterocycles. The van der Waals surface area contributed by atoms with Crippen LogP contribution in [0.25, 0.3) is 11.3 Å². The Morgan fingerprint density at radius 3 is 2.81 bits per heavy atom. The predicted molar refractivity (Wildman–Crippen MR) is 110 cm³/mol. The van der Waals surface area contributed by atoms with E-state index < -0.39 is 30.2 Å². The minimum absolute atomic E-state index is 0.0553. The normalized spacial score (nSPS) is 20.2. The molecule has 0 aromatic carbocycles. The molecule has 0 aliphatic carbocycles. The number of aromatic nitrogens is 3. The molecule has 1 aliphatic rings. The molecule has 0 radical (unpaired) electrons. The molecular weight excluding hydrogens is 408 g/mol. The zero-order chi connectivity index (χ0) is 22.8. The van der Waals surface area contributed by atoms with E-state index in [9.17, 15) is 18.4 Å². The van der Waals surface area contributed by atoms with E-state index >= 15 is 0 Å². The maximum atomic E-state index is 13.6. The molecular formula is C21H25F2N5O3. The second-order valence-electron chi connectivity index (χ2n) is 8.24. The van der Waals surface area contributed by atoms with Crippen LogP contribution in [0.2, 0.25) is 0 Å². The number of rotatable bonds is 2. The van der Waals surface area contributed by atoms with Crippen LogP contribution in [0.1, 0.15) is 52.4 Å². The molecule has 0 saturated carbocycles. The molecule has 1 aliphatic heterocycles. The van der Waals surface area contributed by atoms with Crippen LogP contribution in [0, 0.1) is 5.92 Å². The Morgan fingerprint density at radius 1 is 1.39 bits per heavy atom. The summed E-state index contributed by atoms with van der Waals surface area (Å²) in [5.41, 5.74) is 0.373. The van der Waals surface area contributed by atoms with Crippen molar-refractivity contribution in [2.24, 2.45) is 5.92 Å². The molecule has 2 amide bonds. The molecule has 2 aromatic heterocycles. The van der Waals surface area contributed by atoms with Gasteiger partial charge in [0.2, 0.25) is 5.91 Å². The molecule has 2 atom stereocenters. The fourth-order valence-electron chi connectivity index (χ4n) is 3.13. The zero-order valence-corrected chi connectivity index (χ0v) is 17.7. The number of anilines is 1. The fraction of sp³-hybridized carbons (Fsp3) is 0.429. The summed E-state index contributed by atoms with van der Waals surface area (Å²) in [6.07, 6.45) is 5.80. The van der Waals surface area contributed by atoms with Crippen LogP contribution in [-0.4, -0.2) is 32.4 Å². The standard InChI is InChI=1S/C21H25F2N5O3/c1-12-6-5-7-14(27-20(30)31-21(2,3)4)15-10-13(8-9-24-15)17-16(26-18(12)29)11-25-28(17)19(22)23/h5-6,8-12,14,19H,7H2,1-4H3,(H,26,29)(H,27,30)/b6-5-/t12-,14-/m1/s1. The van der Waals surface area contributed by atoms with Crippen molar-refractivity contribution in [2.45, 2.75) is 52.3 Å². The molecule has 166 valence electrons. The van der Waals surface area contributed by atoms with E-state index in [1.165, 1.54) is 12.4 Å². The van der Waals surface area contributed by atoms with Gasteiger partial charge in [0.25, 0.3) is 0 Å². The molecule has 3 rings (SSSR count). The topological polar surface area (TPSA) is 98.1 Å². The molecule has 0 unspecified atom stereocenters. The average Bonchev–Trinajstić information content (AvgIpc) is 3.08. The van der Waals surface area contributed by atoms with Gasteiger partial charge < -0.3 is 15.4 Å². The van der Waals surface area contributed by atoms with Crippen molar-refractivity contribution in [1.82, 2.24) is 20.1 Å². The van der Waals surface area contributed by atoms with Gasteiger partial charge in [-0.3, -0.25) is 9.78 Å². The number of pyridine rings is 1. The molecule has 2 N–H and O–H groups in total. The van der Waals surface area contributed by atoms with Crippen molar-refractivity contribution in [3.8, 4) is 11.3 Å². The number of carbonyl (C=O) groups is 2. The Balaban J connectivity index is 2.07. The lowest BCUT2D eigenvalue weighted by Crippen LogP contribution is -2.35. The maximum absolute atomic E-state index is 13.6. The van der Waals surface area contributed by atoms with Crippen LogP contribution in [0.4, 0.5) is 19.3 Å². The van der Waals surface area contributed by atoms with Crippen LogP contribution in [0.5, 0.6) is 0 Å². The Morgan fingerprint density at radius 2 is 2.13 bits per heavy atom. The minimum atomic E-state index is -2.90. The summed E-state index contributed by atoms with van der Waals surface area (Å²) < 4.78 is 33.0. The highest BCUT2D eigenvalue weighted by molar-refractivity contribution is 5.96. The first kappa shape index (κ1) is 22.4. The van der Waals surface area contributed by atoms with Crippen molar-refractivity contribution in [3.05, 3.63) is 42.4 Å². The van der Waals surface area contributed by atoms with Crippen molar-refractivity contribution in [2.75, 3.05) is 5.32 Å². The summed E-state index contributed by atoms with van der Waals surface area (Å²) in [5, 5.41) is 9.17. The number of nitrogens with zero attached hydrogens (tertiary/aromatic N) is 3. The number of ether oxygens (including phenoxy) is 1. The van der Waals surface area contributed by atoms with E-state index in [0.717, 1.165) is 0 Å². The van der Waals surface area contributed by atoms with Crippen molar-refractivity contribution in [1.29, 1.82) is 0 Å². The number of halogens is 2. The SMILES string of the molecule is C[C@@H]1/C=C\C[C@@H](NC(=O)OC(C)(C)C)c2cc(ccn2)-c2c(cnn2C(F)F)NC1=O. The first-order valence-corrected chi connectivity index (χ1v) is 9.84. The van der Waals surface area contributed by atoms with Crippen LogP contribution >= 0.6 is 0 Å². The summed E-state index contributed by atoms with van der Waals surface area (Å²) in [4.78, 5) is 29.2. The lowest BCUT2D eigenvalue weighted by Gasteiger charge is -2.23. The number of nitrogens with one attached hydrogen (secondary N) is 2. The Kier molecular flexibility index (Phi) is 6.37. The highest BCUT2D eigenvalue weighted by atomic mass is 19.3. The maximum Gasteiger partial charge on any atom is 0.408 e. The summed E-state index contributed by atoms with van der Waals surface area (Å²) >= 11 is 0. The highest BCUT2D eigenvalue weighted by Crippen LogP contribution is 2.33. The van der Waals surface area contributed by atoms with Gasteiger partial charge in [-0.2, -0.15) is 13.9 Å². The molecule has 2 aromatic rings. The zero-order valence-electron chi connectivity index (χ0n) is 17.7. The summed E-state index contributed by atoms with van der Waals surface area (Å²) in [5.74, 6) is -0.895. The van der Waals surface area contributed by atoms with Gasteiger partial charge in [-0.1, -0.05) is 19.1 Å². The third-order valence-corrected chi connectivity index (χ3v) is 4.55. The van der Waals surface area contributed by atoms with E-state index in [0.29, 0.717) is 22.4 Å². The first-order valence-electron chi connectivity index (χ1n) is 9.84. The number of alkyl halides is 2. The van der Waals surface area contributed by atoms with E-state index in [-0.39, 0.29) is 17.3 Å². The fourth-order valence-corrected chi connectivity index (χ4v) is 3.13. The quantitative estimate of drug-likeness (QED) is 0.683. The van der Waals surface area contributed by atoms with E-state index in [1.54, 1.807) is 52.0 Å². The Labute approximate surface area is 178 Å². The lowest BCUT2D eigenvalue weighted by atomic mass is 10.0. The second kappa shape index (κ2) is 8.83. The number of hydrogen-bond acceptors (Lipinski definition) is 5. The summed E-state index contributed by atoms with van der Waals surface area (Å²) in [7, 11) is 0. The molecule has 8 nitrogen and oxygen atoms in total. The summed E-state index contributed by atoms with van der Waals surface area (Å²) in [6.45, 7) is 4.03. The lowest BCUT2D eigenvalue weighted by molar-refractivity contribution is -0.118. The van der Waals surface area contributed by atoms with Crippen LogP contribution in [-0.2, 0) is 9.53 Å². The molecule has 0 saturated heterocycles. The Hall–Kier alpha value is -3.30. The van der Waals surface area contributed by atoms with Gasteiger partial charge in [0.1, 0.15) is 5.60 Å². The van der Waals surface area contributed by atoms with Crippen molar-refractivity contribution in [3.63, 3.8) is 0 Å². The molecule has 2 bridgehead atoms. The smallest absolute Gasteiger partial charge is 0.408 e.